The predicted molar refractivity (Wildman–Crippen MR) is 116 cm³/mol. The standard InChI is InChI=1S/C22H21ClN4O4/c1-12(2)30-22-17(23)9-15(11-24-22)21-25-20(26-31-21)13-5-6-18-14(7-13)8-16(27(18)3)10-19(28)29-4/h5-9,11-12H,10H2,1-4H3. The summed E-state index contributed by atoms with van der Waals surface area (Å²) in [6, 6.07) is 9.45. The molecule has 0 aliphatic heterocycles. The van der Waals surface area contributed by atoms with Crippen LogP contribution in [0.4, 0.5) is 0 Å². The second-order valence-electron chi connectivity index (χ2n) is 7.32. The minimum absolute atomic E-state index is 0.0353. The van der Waals surface area contributed by atoms with Crippen molar-refractivity contribution in [3.8, 4) is 28.7 Å². The van der Waals surface area contributed by atoms with Crippen LogP contribution in [-0.2, 0) is 23.0 Å². The van der Waals surface area contributed by atoms with Gasteiger partial charge in [-0.15, -0.1) is 0 Å². The molecule has 0 saturated carbocycles. The van der Waals surface area contributed by atoms with Crippen LogP contribution in [0.5, 0.6) is 5.88 Å². The van der Waals surface area contributed by atoms with Gasteiger partial charge in [-0.05, 0) is 44.2 Å². The molecule has 0 saturated heterocycles. The Labute approximate surface area is 183 Å². The molecule has 0 bridgehead atoms. The number of rotatable bonds is 6. The summed E-state index contributed by atoms with van der Waals surface area (Å²) in [7, 11) is 3.29. The van der Waals surface area contributed by atoms with Gasteiger partial charge in [-0.25, -0.2) is 4.98 Å². The number of hydrogen-bond donors (Lipinski definition) is 0. The van der Waals surface area contributed by atoms with Gasteiger partial charge in [0.25, 0.3) is 5.89 Å². The average Bonchev–Trinajstić information content (AvgIpc) is 3.34. The molecule has 0 radical (unpaired) electrons. The number of aromatic nitrogens is 4. The number of hydrogen-bond acceptors (Lipinski definition) is 7. The van der Waals surface area contributed by atoms with Crippen LogP contribution in [0.2, 0.25) is 5.02 Å². The molecule has 0 aliphatic carbocycles. The van der Waals surface area contributed by atoms with Crippen LogP contribution in [0, 0.1) is 0 Å². The molecule has 0 aliphatic rings. The van der Waals surface area contributed by atoms with E-state index in [-0.39, 0.29) is 18.5 Å². The molecule has 9 heteroatoms. The first-order valence-corrected chi connectivity index (χ1v) is 10.1. The topological polar surface area (TPSA) is 92.3 Å². The molecular weight excluding hydrogens is 420 g/mol. The maximum atomic E-state index is 11.6. The normalized spacial score (nSPS) is 11.3. The molecular formula is C22H21ClN4O4. The van der Waals surface area contributed by atoms with Crippen molar-refractivity contribution < 1.29 is 18.8 Å². The molecule has 160 valence electrons. The van der Waals surface area contributed by atoms with Crippen LogP contribution in [-0.4, -0.2) is 38.9 Å². The second kappa shape index (κ2) is 8.39. The number of carbonyl (C=O) groups excluding carboxylic acids is 1. The summed E-state index contributed by atoms with van der Waals surface area (Å²) in [5.74, 6) is 0.817. The Hall–Kier alpha value is -3.39. The van der Waals surface area contributed by atoms with Crippen molar-refractivity contribution in [2.45, 2.75) is 26.4 Å². The predicted octanol–water partition coefficient (Wildman–Crippen LogP) is 4.45. The average molecular weight is 441 g/mol. The van der Waals surface area contributed by atoms with Gasteiger partial charge in [0.15, 0.2) is 0 Å². The molecule has 8 nitrogen and oxygen atoms in total. The van der Waals surface area contributed by atoms with E-state index in [1.54, 1.807) is 12.3 Å². The van der Waals surface area contributed by atoms with E-state index in [1.807, 2.05) is 49.7 Å². The summed E-state index contributed by atoms with van der Waals surface area (Å²) in [5.41, 5.74) is 3.23. The summed E-state index contributed by atoms with van der Waals surface area (Å²) < 4.78 is 17.7. The lowest BCUT2D eigenvalue weighted by Crippen LogP contribution is -2.07. The molecule has 4 aromatic rings. The highest BCUT2D eigenvalue weighted by molar-refractivity contribution is 6.32. The molecule has 0 N–H and O–H groups in total. The van der Waals surface area contributed by atoms with Gasteiger partial charge in [-0.3, -0.25) is 4.79 Å². The first-order valence-electron chi connectivity index (χ1n) is 9.67. The van der Waals surface area contributed by atoms with Crippen LogP contribution < -0.4 is 4.74 Å². The highest BCUT2D eigenvalue weighted by Crippen LogP contribution is 2.30. The summed E-state index contributed by atoms with van der Waals surface area (Å²) in [5, 5.41) is 5.43. The quantitative estimate of drug-likeness (QED) is 0.409. The maximum absolute atomic E-state index is 11.6. The van der Waals surface area contributed by atoms with Gasteiger partial charge < -0.3 is 18.6 Å². The summed E-state index contributed by atoms with van der Waals surface area (Å²) in [6.07, 6.45) is 1.75. The lowest BCUT2D eigenvalue weighted by molar-refractivity contribution is -0.139. The Morgan fingerprint density at radius 3 is 2.74 bits per heavy atom. The minimum Gasteiger partial charge on any atom is -0.474 e. The van der Waals surface area contributed by atoms with Gasteiger partial charge in [0.1, 0.15) is 5.02 Å². The third kappa shape index (κ3) is 4.25. The van der Waals surface area contributed by atoms with Crippen LogP contribution in [0.1, 0.15) is 19.5 Å². The van der Waals surface area contributed by atoms with E-state index in [2.05, 4.69) is 15.1 Å². The van der Waals surface area contributed by atoms with Gasteiger partial charge in [0, 0.05) is 35.4 Å². The van der Waals surface area contributed by atoms with Gasteiger partial charge in [-0.1, -0.05) is 16.8 Å². The zero-order chi connectivity index (χ0) is 22.1. The first kappa shape index (κ1) is 20.9. The summed E-state index contributed by atoms with van der Waals surface area (Å²) in [4.78, 5) is 20.4. The lowest BCUT2D eigenvalue weighted by atomic mass is 10.1. The number of benzene rings is 1. The minimum atomic E-state index is -0.286. The van der Waals surface area contributed by atoms with Gasteiger partial charge in [0.2, 0.25) is 11.7 Å². The zero-order valence-electron chi connectivity index (χ0n) is 17.5. The second-order valence-corrected chi connectivity index (χ2v) is 7.73. The SMILES string of the molecule is COC(=O)Cc1cc2cc(-c3noc(-c4cnc(OC(C)C)c(Cl)c4)n3)ccc2n1C. The summed E-state index contributed by atoms with van der Waals surface area (Å²) in [6.45, 7) is 3.80. The molecule has 1 aromatic carbocycles. The maximum Gasteiger partial charge on any atom is 0.311 e. The van der Waals surface area contributed by atoms with Crippen molar-refractivity contribution in [3.05, 3.63) is 47.2 Å². The number of fused-ring (bicyclic) bond motifs is 1. The van der Waals surface area contributed by atoms with Crippen molar-refractivity contribution in [3.63, 3.8) is 0 Å². The van der Waals surface area contributed by atoms with Crippen molar-refractivity contribution in [1.29, 1.82) is 0 Å². The van der Waals surface area contributed by atoms with Crippen molar-refractivity contribution in [1.82, 2.24) is 19.7 Å². The van der Waals surface area contributed by atoms with E-state index in [1.165, 1.54) is 7.11 Å². The molecule has 0 atom stereocenters. The van der Waals surface area contributed by atoms with Crippen molar-refractivity contribution >= 4 is 28.5 Å². The van der Waals surface area contributed by atoms with E-state index in [0.717, 1.165) is 22.2 Å². The Morgan fingerprint density at radius 1 is 1.23 bits per heavy atom. The van der Waals surface area contributed by atoms with Crippen molar-refractivity contribution in [2.75, 3.05) is 7.11 Å². The highest BCUT2D eigenvalue weighted by Gasteiger charge is 2.16. The molecule has 0 amide bonds. The number of methoxy groups -OCH3 is 1. The third-order valence-corrected chi connectivity index (χ3v) is 5.05. The number of carbonyl (C=O) groups is 1. The molecule has 4 rings (SSSR count). The Bertz CT molecular complexity index is 1260. The molecule has 0 spiro atoms. The fourth-order valence-corrected chi connectivity index (χ4v) is 3.46. The lowest BCUT2D eigenvalue weighted by Gasteiger charge is -2.09. The van der Waals surface area contributed by atoms with Crippen molar-refractivity contribution in [2.24, 2.45) is 7.05 Å². The number of esters is 1. The van der Waals surface area contributed by atoms with E-state index in [4.69, 9.17) is 25.6 Å². The fraction of sp³-hybridized carbons (Fsp3) is 0.273. The van der Waals surface area contributed by atoms with Crippen LogP contribution >= 0.6 is 11.6 Å². The molecule has 0 fully saturated rings. The van der Waals surface area contributed by atoms with Crippen LogP contribution in [0.25, 0.3) is 33.7 Å². The number of nitrogens with zero attached hydrogens (tertiary/aromatic N) is 4. The molecule has 3 aromatic heterocycles. The largest absolute Gasteiger partial charge is 0.474 e. The van der Waals surface area contributed by atoms with E-state index in [0.29, 0.717) is 28.2 Å². The van der Waals surface area contributed by atoms with Crippen LogP contribution in [0.3, 0.4) is 0 Å². The monoisotopic (exact) mass is 440 g/mol. The first-order chi connectivity index (χ1) is 14.9. The number of ether oxygens (including phenoxy) is 2. The zero-order valence-corrected chi connectivity index (χ0v) is 18.3. The Kier molecular flexibility index (Phi) is 5.65. The highest BCUT2D eigenvalue weighted by atomic mass is 35.5. The van der Waals surface area contributed by atoms with Gasteiger partial charge >= 0.3 is 5.97 Å². The molecule has 31 heavy (non-hydrogen) atoms. The summed E-state index contributed by atoms with van der Waals surface area (Å²) >= 11 is 6.26. The van der Waals surface area contributed by atoms with E-state index in [9.17, 15) is 4.79 Å². The number of pyridine rings is 1. The molecule has 0 unspecified atom stereocenters. The van der Waals surface area contributed by atoms with E-state index >= 15 is 0 Å². The third-order valence-electron chi connectivity index (χ3n) is 4.78. The fourth-order valence-electron chi connectivity index (χ4n) is 3.25. The number of aryl methyl sites for hydroxylation is 1. The Balaban J connectivity index is 1.63. The number of halogens is 1. The smallest absolute Gasteiger partial charge is 0.311 e. The van der Waals surface area contributed by atoms with Gasteiger partial charge in [-0.2, -0.15) is 4.98 Å². The van der Waals surface area contributed by atoms with E-state index < -0.39 is 0 Å². The van der Waals surface area contributed by atoms with Gasteiger partial charge in [0.05, 0.1) is 25.2 Å². The van der Waals surface area contributed by atoms with Crippen LogP contribution in [0.15, 0.2) is 41.1 Å². The molecule has 3 heterocycles. The Morgan fingerprint density at radius 2 is 2.03 bits per heavy atom.